The van der Waals surface area contributed by atoms with Crippen LogP contribution < -0.4 is 10.6 Å². The number of anilines is 2. The molecular formula is C11H18N4O2. The second kappa shape index (κ2) is 5.20. The molecule has 1 aromatic heterocycles. The molecule has 0 bridgehead atoms. The zero-order valence-corrected chi connectivity index (χ0v) is 9.71. The van der Waals surface area contributed by atoms with Gasteiger partial charge in [0.1, 0.15) is 0 Å². The fourth-order valence-electron chi connectivity index (χ4n) is 2.03. The molecular weight excluding hydrogens is 220 g/mol. The summed E-state index contributed by atoms with van der Waals surface area (Å²) in [6.07, 6.45) is 5.79. The molecule has 6 nitrogen and oxygen atoms in total. The van der Waals surface area contributed by atoms with E-state index in [1.54, 1.807) is 9.58 Å². The first kappa shape index (κ1) is 11.9. The molecule has 6 heteroatoms. The summed E-state index contributed by atoms with van der Waals surface area (Å²) in [5, 5.41) is 22.4. The van der Waals surface area contributed by atoms with Crippen LogP contribution in [0.3, 0.4) is 0 Å². The Kier molecular flexibility index (Phi) is 3.65. The van der Waals surface area contributed by atoms with Gasteiger partial charge in [-0.25, -0.2) is 4.68 Å². The summed E-state index contributed by atoms with van der Waals surface area (Å²) in [6.45, 7) is 0.866. The summed E-state index contributed by atoms with van der Waals surface area (Å²) in [5.41, 5.74) is 7.72. The van der Waals surface area contributed by atoms with Crippen molar-refractivity contribution < 1.29 is 10.2 Å². The number of aromatic nitrogens is 2. The first-order chi connectivity index (χ1) is 8.27. The molecule has 1 aromatic rings. The van der Waals surface area contributed by atoms with Crippen molar-refractivity contribution >= 4 is 17.7 Å². The van der Waals surface area contributed by atoms with E-state index >= 15 is 0 Å². The van der Waals surface area contributed by atoms with Crippen molar-refractivity contribution in [2.45, 2.75) is 12.8 Å². The largest absolute Gasteiger partial charge is 0.395 e. The molecule has 4 N–H and O–H groups in total. The number of hydrogen-bond acceptors (Lipinski definition) is 5. The maximum absolute atomic E-state index is 9.01. The third-order valence-electron chi connectivity index (χ3n) is 2.86. The summed E-state index contributed by atoms with van der Waals surface area (Å²) in [6, 6.07) is 0. The van der Waals surface area contributed by atoms with E-state index in [9.17, 15) is 0 Å². The molecule has 0 spiro atoms. The summed E-state index contributed by atoms with van der Waals surface area (Å²) in [4.78, 5) is 1.80. The zero-order chi connectivity index (χ0) is 12.3. The van der Waals surface area contributed by atoms with E-state index < -0.39 is 0 Å². The van der Waals surface area contributed by atoms with Crippen LogP contribution in [0.25, 0.3) is 6.20 Å². The van der Waals surface area contributed by atoms with Crippen LogP contribution in [-0.4, -0.2) is 46.3 Å². The Morgan fingerprint density at radius 3 is 2.65 bits per heavy atom. The number of hydrogen-bond donors (Lipinski definition) is 3. The van der Waals surface area contributed by atoms with Gasteiger partial charge in [-0.3, -0.25) is 0 Å². The highest BCUT2D eigenvalue weighted by atomic mass is 16.3. The van der Waals surface area contributed by atoms with Crippen LogP contribution in [0.15, 0.2) is 6.08 Å². The average Bonchev–Trinajstić information content (AvgIpc) is 2.67. The molecule has 1 aliphatic rings. The average molecular weight is 238 g/mol. The van der Waals surface area contributed by atoms with Crippen LogP contribution in [0.1, 0.15) is 12.1 Å². The quantitative estimate of drug-likeness (QED) is 0.654. The van der Waals surface area contributed by atoms with Crippen molar-refractivity contribution in [1.29, 1.82) is 0 Å². The molecule has 0 fully saturated rings. The van der Waals surface area contributed by atoms with Crippen molar-refractivity contribution in [1.82, 2.24) is 9.78 Å². The molecule has 17 heavy (non-hydrogen) atoms. The molecule has 1 aliphatic heterocycles. The first-order valence-corrected chi connectivity index (χ1v) is 5.78. The Balaban J connectivity index is 2.30. The molecule has 0 saturated carbocycles. The Morgan fingerprint density at radius 2 is 2.06 bits per heavy atom. The molecule has 0 saturated heterocycles. The smallest absolute Gasteiger partial charge is 0.174 e. The Hall–Kier alpha value is -1.53. The van der Waals surface area contributed by atoms with Crippen LogP contribution in [0, 0.1) is 0 Å². The molecule has 2 rings (SSSR count). The predicted molar refractivity (Wildman–Crippen MR) is 66.7 cm³/mol. The Bertz CT molecular complexity index is 408. The minimum atomic E-state index is 0.0114. The topological polar surface area (TPSA) is 87.5 Å². The lowest BCUT2D eigenvalue weighted by molar-refractivity contribution is 0.280. The minimum Gasteiger partial charge on any atom is -0.395 e. The highest BCUT2D eigenvalue weighted by Crippen LogP contribution is 2.28. The number of rotatable bonds is 5. The molecule has 2 heterocycles. The normalized spacial score (nSPS) is 13.8. The number of aliphatic hydroxyl groups is 2. The molecule has 0 atom stereocenters. The first-order valence-electron chi connectivity index (χ1n) is 5.78. The van der Waals surface area contributed by atoms with Crippen molar-refractivity contribution in [3.05, 3.63) is 11.8 Å². The molecule has 0 aromatic carbocycles. The van der Waals surface area contributed by atoms with Gasteiger partial charge in [0.25, 0.3) is 0 Å². The van der Waals surface area contributed by atoms with E-state index in [1.807, 2.05) is 12.3 Å². The summed E-state index contributed by atoms with van der Waals surface area (Å²) in [5.74, 6) is 0.648. The van der Waals surface area contributed by atoms with Gasteiger partial charge in [0.05, 0.1) is 24.6 Å². The lowest BCUT2D eigenvalue weighted by atomic mass is 10.2. The van der Waals surface area contributed by atoms with Crippen molar-refractivity contribution in [3.8, 4) is 0 Å². The van der Waals surface area contributed by atoms with Crippen LogP contribution in [-0.2, 0) is 6.42 Å². The molecule has 0 amide bonds. The van der Waals surface area contributed by atoms with Gasteiger partial charge in [-0.1, -0.05) is 6.08 Å². The van der Waals surface area contributed by atoms with Crippen molar-refractivity contribution in [3.63, 3.8) is 0 Å². The van der Waals surface area contributed by atoms with Crippen LogP contribution in [0.5, 0.6) is 0 Å². The van der Waals surface area contributed by atoms with Gasteiger partial charge in [-0.2, -0.15) is 0 Å². The number of nitrogens with zero attached hydrogens (tertiary/aromatic N) is 3. The number of aliphatic hydroxyl groups excluding tert-OH is 2. The molecule has 0 unspecified atom stereocenters. The van der Waals surface area contributed by atoms with Crippen LogP contribution in [0.4, 0.5) is 11.5 Å². The number of nitrogen functional groups attached to an aromatic ring is 1. The maximum atomic E-state index is 9.01. The van der Waals surface area contributed by atoms with Gasteiger partial charge in [0.2, 0.25) is 0 Å². The Labute approximate surface area is 100.0 Å². The summed E-state index contributed by atoms with van der Waals surface area (Å²) in [7, 11) is 0. The highest BCUT2D eigenvalue weighted by molar-refractivity contribution is 5.68. The van der Waals surface area contributed by atoms with Gasteiger partial charge in [0.15, 0.2) is 5.82 Å². The van der Waals surface area contributed by atoms with E-state index in [1.165, 1.54) is 0 Å². The standard InChI is InChI=1S/C11H18N4O2/c12-10-9-3-1-2-4-15(9)13-11(10)14(5-7-16)6-8-17/h2,4,16-17H,1,3,5-8,12H2. The second-order valence-electron chi connectivity index (χ2n) is 3.99. The monoisotopic (exact) mass is 238 g/mol. The maximum Gasteiger partial charge on any atom is 0.174 e. The van der Waals surface area contributed by atoms with Gasteiger partial charge in [0, 0.05) is 19.3 Å². The number of nitrogens with two attached hydrogens (primary N) is 1. The highest BCUT2D eigenvalue weighted by Gasteiger charge is 2.19. The molecule has 0 aliphatic carbocycles. The second-order valence-corrected chi connectivity index (χ2v) is 3.99. The van der Waals surface area contributed by atoms with Gasteiger partial charge >= 0.3 is 0 Å². The van der Waals surface area contributed by atoms with Crippen LogP contribution in [0.2, 0.25) is 0 Å². The van der Waals surface area contributed by atoms with Crippen LogP contribution >= 0.6 is 0 Å². The lowest BCUT2D eigenvalue weighted by Gasteiger charge is -2.20. The van der Waals surface area contributed by atoms with E-state index in [0.717, 1.165) is 18.5 Å². The minimum absolute atomic E-state index is 0.0114. The summed E-state index contributed by atoms with van der Waals surface area (Å²) >= 11 is 0. The van der Waals surface area contributed by atoms with Gasteiger partial charge in [-0.05, 0) is 12.8 Å². The van der Waals surface area contributed by atoms with Gasteiger partial charge in [-0.15, -0.1) is 5.10 Å². The van der Waals surface area contributed by atoms with Crippen molar-refractivity contribution in [2.24, 2.45) is 0 Å². The fraction of sp³-hybridized carbons (Fsp3) is 0.545. The molecule has 94 valence electrons. The fourth-order valence-corrected chi connectivity index (χ4v) is 2.03. The zero-order valence-electron chi connectivity index (χ0n) is 9.71. The van der Waals surface area contributed by atoms with E-state index in [2.05, 4.69) is 5.10 Å². The molecule has 0 radical (unpaired) electrons. The van der Waals surface area contributed by atoms with E-state index in [-0.39, 0.29) is 13.2 Å². The lowest BCUT2D eigenvalue weighted by Crippen LogP contribution is -2.30. The van der Waals surface area contributed by atoms with E-state index in [0.29, 0.717) is 24.6 Å². The number of allylic oxidation sites excluding steroid dienone is 1. The van der Waals surface area contributed by atoms with Gasteiger partial charge < -0.3 is 20.8 Å². The number of fused-ring (bicyclic) bond motifs is 1. The predicted octanol–water partition coefficient (Wildman–Crippen LogP) is -0.327. The third kappa shape index (κ3) is 2.27. The van der Waals surface area contributed by atoms with E-state index in [4.69, 9.17) is 15.9 Å². The SMILES string of the molecule is Nc1c(N(CCO)CCO)nn2c1CCC=C2. The van der Waals surface area contributed by atoms with Crippen molar-refractivity contribution in [2.75, 3.05) is 36.9 Å². The third-order valence-corrected chi connectivity index (χ3v) is 2.86. The Morgan fingerprint density at radius 1 is 1.35 bits per heavy atom. The summed E-state index contributed by atoms with van der Waals surface area (Å²) < 4.78 is 1.77.